The van der Waals surface area contributed by atoms with Crippen LogP contribution in [-0.2, 0) is 17.6 Å². The monoisotopic (exact) mass is 318 g/mol. The summed E-state index contributed by atoms with van der Waals surface area (Å²) in [6.07, 6.45) is 8.33. The van der Waals surface area contributed by atoms with Crippen LogP contribution < -0.4 is 0 Å². The van der Waals surface area contributed by atoms with Gasteiger partial charge in [-0.05, 0) is 19.3 Å². The van der Waals surface area contributed by atoms with Gasteiger partial charge in [-0.2, -0.15) is 0 Å². The maximum Gasteiger partial charge on any atom is 0.223 e. The van der Waals surface area contributed by atoms with Gasteiger partial charge in [0.05, 0.1) is 17.2 Å². The highest BCUT2D eigenvalue weighted by atomic mass is 32.1. The van der Waals surface area contributed by atoms with E-state index in [9.17, 15) is 4.79 Å². The van der Waals surface area contributed by atoms with Crippen molar-refractivity contribution in [1.82, 2.24) is 19.4 Å². The Labute approximate surface area is 135 Å². The summed E-state index contributed by atoms with van der Waals surface area (Å²) < 4.78 is 2.25. The molecule has 118 valence electrons. The van der Waals surface area contributed by atoms with Gasteiger partial charge < -0.3 is 9.47 Å². The van der Waals surface area contributed by atoms with Crippen LogP contribution in [0.5, 0.6) is 0 Å². The van der Waals surface area contributed by atoms with Crippen LogP contribution in [-0.4, -0.2) is 38.4 Å². The Morgan fingerprint density at radius 3 is 3.14 bits per heavy atom. The van der Waals surface area contributed by atoms with Crippen LogP contribution in [0.15, 0.2) is 23.3 Å². The second kappa shape index (κ2) is 7.05. The predicted octanol–water partition coefficient (Wildman–Crippen LogP) is 2.70. The van der Waals surface area contributed by atoms with Gasteiger partial charge >= 0.3 is 0 Å². The minimum Gasteiger partial charge on any atom is -0.341 e. The molecule has 6 heteroatoms. The molecular weight excluding hydrogens is 296 g/mol. The lowest BCUT2D eigenvalue weighted by Crippen LogP contribution is -2.41. The molecule has 1 amide bonds. The van der Waals surface area contributed by atoms with Crippen molar-refractivity contribution in [2.75, 3.05) is 13.1 Å². The number of carbonyl (C=O) groups is 1. The highest BCUT2D eigenvalue weighted by Gasteiger charge is 2.25. The number of rotatable bonds is 5. The van der Waals surface area contributed by atoms with E-state index in [0.717, 1.165) is 50.3 Å². The average molecular weight is 318 g/mol. The van der Waals surface area contributed by atoms with Gasteiger partial charge in [-0.15, -0.1) is 11.3 Å². The maximum absolute atomic E-state index is 12.4. The van der Waals surface area contributed by atoms with E-state index in [-0.39, 0.29) is 5.91 Å². The van der Waals surface area contributed by atoms with Crippen molar-refractivity contribution in [1.29, 1.82) is 0 Å². The SMILES string of the molecule is CCc1nccn1[C@H]1CCCN(C(=O)CCc2cscn2)C1. The molecule has 0 aliphatic carbocycles. The molecule has 2 aromatic rings. The van der Waals surface area contributed by atoms with Crippen LogP contribution >= 0.6 is 11.3 Å². The van der Waals surface area contributed by atoms with Gasteiger partial charge in [0, 0.05) is 43.7 Å². The molecule has 5 nitrogen and oxygen atoms in total. The Morgan fingerprint density at radius 1 is 1.45 bits per heavy atom. The molecule has 0 radical (unpaired) electrons. The van der Waals surface area contributed by atoms with Gasteiger partial charge in [-0.3, -0.25) is 4.79 Å². The van der Waals surface area contributed by atoms with Crippen LogP contribution in [0.3, 0.4) is 0 Å². The molecule has 0 bridgehead atoms. The fourth-order valence-electron chi connectivity index (χ4n) is 3.11. The number of nitrogens with zero attached hydrogens (tertiary/aromatic N) is 4. The summed E-state index contributed by atoms with van der Waals surface area (Å²) in [6.45, 7) is 3.81. The number of hydrogen-bond acceptors (Lipinski definition) is 4. The fourth-order valence-corrected chi connectivity index (χ4v) is 3.71. The number of aromatic nitrogens is 3. The summed E-state index contributed by atoms with van der Waals surface area (Å²) in [7, 11) is 0. The standard InChI is InChI=1S/C16H22N4OS/c1-2-15-17-7-9-20(15)14-4-3-8-19(10-14)16(21)6-5-13-11-22-12-18-13/h7,9,11-12,14H,2-6,8,10H2,1H3/t14-/m0/s1. The first-order chi connectivity index (χ1) is 10.8. The number of hydrogen-bond donors (Lipinski definition) is 0. The third-order valence-electron chi connectivity index (χ3n) is 4.29. The third-order valence-corrected chi connectivity index (χ3v) is 4.92. The topological polar surface area (TPSA) is 51.0 Å². The first-order valence-electron chi connectivity index (χ1n) is 7.94. The second-order valence-corrected chi connectivity index (χ2v) is 6.44. The number of thiazole rings is 1. The molecule has 3 heterocycles. The number of piperidine rings is 1. The van der Waals surface area contributed by atoms with E-state index in [1.807, 2.05) is 28.2 Å². The Hall–Kier alpha value is -1.69. The summed E-state index contributed by atoms with van der Waals surface area (Å²) in [5, 5.41) is 2.02. The number of aryl methyl sites for hydroxylation is 2. The molecule has 0 N–H and O–H groups in total. The molecule has 0 unspecified atom stereocenters. The average Bonchev–Trinajstić information content (AvgIpc) is 3.23. The van der Waals surface area contributed by atoms with Gasteiger partial charge in [0.25, 0.3) is 0 Å². The number of carbonyl (C=O) groups excluding carboxylic acids is 1. The van der Waals surface area contributed by atoms with Crippen molar-refractivity contribution in [3.05, 3.63) is 34.8 Å². The maximum atomic E-state index is 12.4. The van der Waals surface area contributed by atoms with Crippen molar-refractivity contribution in [3.8, 4) is 0 Å². The van der Waals surface area contributed by atoms with Gasteiger partial charge in [-0.1, -0.05) is 6.92 Å². The van der Waals surface area contributed by atoms with Crippen LogP contribution in [0.2, 0.25) is 0 Å². The highest BCUT2D eigenvalue weighted by molar-refractivity contribution is 7.07. The van der Waals surface area contributed by atoms with E-state index in [1.165, 1.54) is 0 Å². The van der Waals surface area contributed by atoms with E-state index < -0.39 is 0 Å². The molecular formula is C16H22N4OS. The molecule has 22 heavy (non-hydrogen) atoms. The molecule has 0 spiro atoms. The van der Waals surface area contributed by atoms with E-state index >= 15 is 0 Å². The highest BCUT2D eigenvalue weighted by Crippen LogP contribution is 2.23. The Balaban J connectivity index is 1.59. The minimum absolute atomic E-state index is 0.246. The minimum atomic E-state index is 0.246. The summed E-state index contributed by atoms with van der Waals surface area (Å²) in [6, 6.07) is 0.370. The molecule has 1 aliphatic rings. The van der Waals surface area contributed by atoms with Gasteiger partial charge in [-0.25, -0.2) is 9.97 Å². The molecule has 0 aromatic carbocycles. The number of imidazole rings is 1. The van der Waals surface area contributed by atoms with Crippen molar-refractivity contribution >= 4 is 17.2 Å². The Bertz CT molecular complexity index is 607. The number of likely N-dealkylation sites (tertiary alicyclic amines) is 1. The van der Waals surface area contributed by atoms with E-state index in [4.69, 9.17) is 0 Å². The van der Waals surface area contributed by atoms with Crippen LogP contribution in [0, 0.1) is 0 Å². The van der Waals surface area contributed by atoms with Crippen LogP contribution in [0.25, 0.3) is 0 Å². The molecule has 1 saturated heterocycles. The first-order valence-corrected chi connectivity index (χ1v) is 8.88. The lowest BCUT2D eigenvalue weighted by molar-refractivity contribution is -0.132. The summed E-state index contributed by atoms with van der Waals surface area (Å²) in [5.41, 5.74) is 2.84. The van der Waals surface area contributed by atoms with Gasteiger partial charge in [0.2, 0.25) is 5.91 Å². The van der Waals surface area contributed by atoms with Gasteiger partial charge in [0.15, 0.2) is 0 Å². The number of amides is 1. The van der Waals surface area contributed by atoms with E-state index in [1.54, 1.807) is 11.3 Å². The van der Waals surface area contributed by atoms with Crippen molar-refractivity contribution in [2.24, 2.45) is 0 Å². The van der Waals surface area contributed by atoms with Crippen LogP contribution in [0.4, 0.5) is 0 Å². The molecule has 2 aromatic heterocycles. The van der Waals surface area contributed by atoms with Gasteiger partial charge in [0.1, 0.15) is 5.82 Å². The zero-order valence-electron chi connectivity index (χ0n) is 12.9. The first kappa shape index (κ1) is 15.2. The zero-order chi connectivity index (χ0) is 15.4. The third kappa shape index (κ3) is 3.38. The Kier molecular flexibility index (Phi) is 4.87. The summed E-state index contributed by atoms with van der Waals surface area (Å²) in [4.78, 5) is 23.1. The predicted molar refractivity (Wildman–Crippen MR) is 86.9 cm³/mol. The van der Waals surface area contributed by atoms with Crippen molar-refractivity contribution in [2.45, 2.75) is 45.1 Å². The van der Waals surface area contributed by atoms with Crippen molar-refractivity contribution < 1.29 is 4.79 Å². The zero-order valence-corrected chi connectivity index (χ0v) is 13.8. The largest absolute Gasteiger partial charge is 0.341 e. The lowest BCUT2D eigenvalue weighted by atomic mass is 10.0. The molecule has 1 atom stereocenters. The molecule has 1 aliphatic heterocycles. The second-order valence-electron chi connectivity index (χ2n) is 5.72. The van der Waals surface area contributed by atoms with E-state index in [2.05, 4.69) is 21.5 Å². The van der Waals surface area contributed by atoms with E-state index in [0.29, 0.717) is 12.5 Å². The molecule has 3 rings (SSSR count). The smallest absolute Gasteiger partial charge is 0.223 e. The normalized spacial score (nSPS) is 18.6. The summed E-state index contributed by atoms with van der Waals surface area (Å²) >= 11 is 1.58. The van der Waals surface area contributed by atoms with Crippen molar-refractivity contribution in [3.63, 3.8) is 0 Å². The van der Waals surface area contributed by atoms with Crippen LogP contribution in [0.1, 0.15) is 43.7 Å². The molecule has 0 saturated carbocycles. The summed E-state index contributed by atoms with van der Waals surface area (Å²) in [5.74, 6) is 1.36. The Morgan fingerprint density at radius 2 is 2.36 bits per heavy atom. The fraction of sp³-hybridized carbons (Fsp3) is 0.562. The quantitative estimate of drug-likeness (QED) is 0.851. The molecule has 1 fully saturated rings. The lowest BCUT2D eigenvalue weighted by Gasteiger charge is -2.34.